The molecular weight excluding hydrogens is 248 g/mol. The Bertz CT molecular complexity index is 359. The van der Waals surface area contributed by atoms with Crippen molar-refractivity contribution in [3.63, 3.8) is 0 Å². The third-order valence-corrected chi connectivity index (χ3v) is 3.55. The Labute approximate surface area is 112 Å². The predicted molar refractivity (Wildman–Crippen MR) is 70.6 cm³/mol. The van der Waals surface area contributed by atoms with Gasteiger partial charge < -0.3 is 15.5 Å². The lowest BCUT2D eigenvalue weighted by Gasteiger charge is -2.31. The topological polar surface area (TPSA) is 98.7 Å². The number of nitrogens with one attached hydrogen (secondary N) is 2. The van der Waals surface area contributed by atoms with Crippen molar-refractivity contribution in [2.45, 2.75) is 50.9 Å². The first-order valence-electron chi connectivity index (χ1n) is 6.47. The van der Waals surface area contributed by atoms with E-state index in [0.29, 0.717) is 12.8 Å². The summed E-state index contributed by atoms with van der Waals surface area (Å²) in [5.41, 5.74) is 0. The van der Waals surface area contributed by atoms with Crippen molar-refractivity contribution in [2.24, 2.45) is 5.92 Å². The van der Waals surface area contributed by atoms with Crippen LogP contribution in [0.1, 0.15) is 26.7 Å². The Balaban J connectivity index is 2.89. The lowest BCUT2D eigenvalue weighted by Crippen LogP contribution is -2.56. The van der Waals surface area contributed by atoms with Gasteiger partial charge in [-0.2, -0.15) is 0 Å². The van der Waals surface area contributed by atoms with Gasteiger partial charge in [-0.15, -0.1) is 6.58 Å². The summed E-state index contributed by atoms with van der Waals surface area (Å²) in [6, 6.07) is -1.51. The highest BCUT2D eigenvalue weighted by Crippen LogP contribution is 2.26. The molecule has 0 saturated carbocycles. The Morgan fingerprint density at radius 1 is 1.58 bits per heavy atom. The van der Waals surface area contributed by atoms with E-state index in [0.717, 1.165) is 0 Å². The standard InChI is InChI=1S/C13H22N2O4/c1-4-8-6-9(13(18)19)15-11(8)12(10(17)5-2)14-7(3)16/h4,8-12,15,17H,1,5-6H2,2-3H3,(H,14,16)(H,18,19)/t8-,9-,10+,11-,12+/m1/s1. The minimum Gasteiger partial charge on any atom is -0.480 e. The molecule has 5 atom stereocenters. The molecule has 0 aromatic rings. The van der Waals surface area contributed by atoms with E-state index in [1.54, 1.807) is 6.08 Å². The number of carboxylic acids is 1. The van der Waals surface area contributed by atoms with Crippen LogP contribution in [0, 0.1) is 5.92 Å². The fraction of sp³-hybridized carbons (Fsp3) is 0.692. The highest BCUT2D eigenvalue weighted by atomic mass is 16.4. The van der Waals surface area contributed by atoms with E-state index in [4.69, 9.17) is 5.11 Å². The molecule has 0 aromatic heterocycles. The zero-order valence-corrected chi connectivity index (χ0v) is 11.3. The van der Waals surface area contributed by atoms with Crippen LogP contribution in [0.25, 0.3) is 0 Å². The average Bonchev–Trinajstić information content (AvgIpc) is 2.78. The van der Waals surface area contributed by atoms with Gasteiger partial charge in [0.25, 0.3) is 0 Å². The van der Waals surface area contributed by atoms with Crippen molar-refractivity contribution in [2.75, 3.05) is 0 Å². The predicted octanol–water partition coefficient (Wildman–Crippen LogP) is -0.121. The SMILES string of the molecule is C=C[C@@H]1C[C@H](C(=O)O)N[C@H]1[C@@H](NC(C)=O)[C@@H](O)CC. The molecule has 108 valence electrons. The van der Waals surface area contributed by atoms with Gasteiger partial charge in [0.2, 0.25) is 5.91 Å². The van der Waals surface area contributed by atoms with Gasteiger partial charge in [-0.05, 0) is 18.8 Å². The Morgan fingerprint density at radius 3 is 2.63 bits per heavy atom. The maximum absolute atomic E-state index is 11.2. The molecule has 0 unspecified atom stereocenters. The smallest absolute Gasteiger partial charge is 0.320 e. The number of hydrogen-bond donors (Lipinski definition) is 4. The van der Waals surface area contributed by atoms with E-state index < -0.39 is 24.2 Å². The second kappa shape index (κ2) is 6.68. The van der Waals surface area contributed by atoms with Gasteiger partial charge in [0.05, 0.1) is 12.1 Å². The summed E-state index contributed by atoms with van der Waals surface area (Å²) < 4.78 is 0. The molecule has 1 amide bonds. The van der Waals surface area contributed by atoms with Gasteiger partial charge >= 0.3 is 5.97 Å². The highest BCUT2D eigenvalue weighted by molar-refractivity contribution is 5.75. The molecule has 1 aliphatic heterocycles. The number of aliphatic carboxylic acids is 1. The van der Waals surface area contributed by atoms with E-state index in [2.05, 4.69) is 17.2 Å². The minimum absolute atomic E-state index is 0.0980. The van der Waals surface area contributed by atoms with Crippen LogP contribution in [0.3, 0.4) is 0 Å². The van der Waals surface area contributed by atoms with E-state index in [1.165, 1.54) is 6.92 Å². The molecule has 6 nitrogen and oxygen atoms in total. The molecule has 4 N–H and O–H groups in total. The first-order chi connectivity index (χ1) is 8.90. The molecule has 1 saturated heterocycles. The molecular formula is C13H22N2O4. The molecule has 0 aromatic carbocycles. The van der Waals surface area contributed by atoms with Gasteiger partial charge in [0, 0.05) is 13.0 Å². The number of carbonyl (C=O) groups is 2. The van der Waals surface area contributed by atoms with Gasteiger partial charge in [0.1, 0.15) is 6.04 Å². The number of aliphatic hydroxyl groups is 1. The summed E-state index contributed by atoms with van der Waals surface area (Å²) in [7, 11) is 0. The number of aliphatic hydroxyl groups excluding tert-OH is 1. The van der Waals surface area contributed by atoms with Crippen molar-refractivity contribution < 1.29 is 19.8 Å². The third kappa shape index (κ3) is 3.78. The molecule has 1 aliphatic rings. The average molecular weight is 270 g/mol. The van der Waals surface area contributed by atoms with Crippen molar-refractivity contribution >= 4 is 11.9 Å². The Morgan fingerprint density at radius 2 is 2.21 bits per heavy atom. The summed E-state index contributed by atoms with van der Waals surface area (Å²) >= 11 is 0. The number of carbonyl (C=O) groups excluding carboxylic acids is 1. The number of rotatable bonds is 6. The van der Waals surface area contributed by atoms with Crippen LogP contribution in [0.15, 0.2) is 12.7 Å². The second-order valence-corrected chi connectivity index (χ2v) is 4.92. The molecule has 19 heavy (non-hydrogen) atoms. The quantitative estimate of drug-likeness (QED) is 0.504. The Hall–Kier alpha value is -1.40. The van der Waals surface area contributed by atoms with Crippen molar-refractivity contribution in [1.29, 1.82) is 0 Å². The summed E-state index contributed by atoms with van der Waals surface area (Å²) in [6.45, 7) is 6.89. The number of hydrogen-bond acceptors (Lipinski definition) is 4. The van der Waals surface area contributed by atoms with E-state index in [1.807, 2.05) is 6.92 Å². The van der Waals surface area contributed by atoms with Crippen LogP contribution in [0.2, 0.25) is 0 Å². The molecule has 1 fully saturated rings. The summed E-state index contributed by atoms with van der Waals surface area (Å²) in [6.07, 6.45) is 1.84. The molecule has 1 heterocycles. The molecule has 6 heteroatoms. The largest absolute Gasteiger partial charge is 0.480 e. The van der Waals surface area contributed by atoms with Crippen LogP contribution in [0.5, 0.6) is 0 Å². The molecule has 0 spiro atoms. The number of carboxylic acid groups (broad SMARTS) is 1. The maximum atomic E-state index is 11.2. The van der Waals surface area contributed by atoms with Crippen molar-refractivity contribution in [3.8, 4) is 0 Å². The number of amides is 1. The van der Waals surface area contributed by atoms with E-state index in [9.17, 15) is 14.7 Å². The normalized spacial score (nSPS) is 29.5. The molecule has 0 bridgehead atoms. The van der Waals surface area contributed by atoms with Gasteiger partial charge in [0.15, 0.2) is 0 Å². The summed E-state index contributed by atoms with van der Waals surface area (Å²) in [5, 5.41) is 24.8. The lowest BCUT2D eigenvalue weighted by atomic mass is 9.90. The maximum Gasteiger partial charge on any atom is 0.320 e. The highest BCUT2D eigenvalue weighted by Gasteiger charge is 2.42. The van der Waals surface area contributed by atoms with Gasteiger partial charge in [-0.25, -0.2) is 0 Å². The van der Waals surface area contributed by atoms with Crippen LogP contribution in [0.4, 0.5) is 0 Å². The van der Waals surface area contributed by atoms with E-state index >= 15 is 0 Å². The third-order valence-electron chi connectivity index (χ3n) is 3.55. The molecule has 0 aliphatic carbocycles. The van der Waals surface area contributed by atoms with Crippen LogP contribution in [-0.4, -0.2) is 46.3 Å². The second-order valence-electron chi connectivity index (χ2n) is 4.92. The lowest BCUT2D eigenvalue weighted by molar-refractivity contribution is -0.139. The molecule has 1 rings (SSSR count). The molecule has 0 radical (unpaired) electrons. The fourth-order valence-corrected chi connectivity index (χ4v) is 2.54. The van der Waals surface area contributed by atoms with Gasteiger partial charge in [-0.1, -0.05) is 13.0 Å². The van der Waals surface area contributed by atoms with Crippen LogP contribution in [-0.2, 0) is 9.59 Å². The minimum atomic E-state index is -0.929. The summed E-state index contributed by atoms with van der Waals surface area (Å²) in [4.78, 5) is 22.3. The zero-order chi connectivity index (χ0) is 14.6. The zero-order valence-electron chi connectivity index (χ0n) is 11.3. The summed E-state index contributed by atoms with van der Waals surface area (Å²) in [5.74, 6) is -1.28. The van der Waals surface area contributed by atoms with Crippen LogP contribution < -0.4 is 10.6 Å². The Kier molecular flexibility index (Phi) is 5.50. The fourth-order valence-electron chi connectivity index (χ4n) is 2.54. The van der Waals surface area contributed by atoms with Crippen LogP contribution >= 0.6 is 0 Å². The van der Waals surface area contributed by atoms with Crippen molar-refractivity contribution in [1.82, 2.24) is 10.6 Å². The van der Waals surface area contributed by atoms with Gasteiger partial charge in [-0.3, -0.25) is 14.9 Å². The first-order valence-corrected chi connectivity index (χ1v) is 6.47. The first kappa shape index (κ1) is 15.7. The van der Waals surface area contributed by atoms with E-state index in [-0.39, 0.29) is 17.9 Å². The monoisotopic (exact) mass is 270 g/mol. The van der Waals surface area contributed by atoms with Crippen molar-refractivity contribution in [3.05, 3.63) is 12.7 Å².